The third kappa shape index (κ3) is 4.02. The summed E-state index contributed by atoms with van der Waals surface area (Å²) in [5.41, 5.74) is -0.551. The number of fused-ring (bicyclic) bond motifs is 1. The predicted octanol–water partition coefficient (Wildman–Crippen LogP) is 4.48. The second kappa shape index (κ2) is 8.54. The van der Waals surface area contributed by atoms with Crippen LogP contribution in [0.2, 0.25) is 0 Å². The molecule has 8 nitrogen and oxygen atoms in total. The molecule has 0 atom stereocenters. The van der Waals surface area contributed by atoms with Gasteiger partial charge < -0.3 is 13.9 Å². The third-order valence-electron chi connectivity index (χ3n) is 5.47. The highest BCUT2D eigenvalue weighted by Gasteiger charge is 2.36. The zero-order valence-electron chi connectivity index (χ0n) is 19.3. The first kappa shape index (κ1) is 23.4. The van der Waals surface area contributed by atoms with Crippen molar-refractivity contribution in [3.63, 3.8) is 0 Å². The Hall–Kier alpha value is -3.76. The molecule has 0 bridgehead atoms. The van der Waals surface area contributed by atoms with Gasteiger partial charge in [-0.25, -0.2) is 4.98 Å². The lowest BCUT2D eigenvalue weighted by molar-refractivity contribution is -0.136. The first-order chi connectivity index (χ1) is 16.0. The van der Waals surface area contributed by atoms with Crippen LogP contribution in [0.4, 0.5) is 13.2 Å². The number of oxazole rings is 1. The lowest BCUT2D eigenvalue weighted by Crippen LogP contribution is -2.25. The van der Waals surface area contributed by atoms with Crippen LogP contribution >= 0.6 is 0 Å². The Morgan fingerprint density at radius 1 is 1.15 bits per heavy atom. The highest BCUT2D eigenvalue weighted by molar-refractivity contribution is 5.83. The first-order valence-corrected chi connectivity index (χ1v) is 10.5. The van der Waals surface area contributed by atoms with Crippen molar-refractivity contribution in [2.75, 3.05) is 13.7 Å². The van der Waals surface area contributed by atoms with Crippen LogP contribution < -0.4 is 15.0 Å². The van der Waals surface area contributed by atoms with Gasteiger partial charge in [-0.15, -0.1) is 0 Å². The molecule has 0 unspecified atom stereocenters. The van der Waals surface area contributed by atoms with Gasteiger partial charge in [-0.3, -0.25) is 14.0 Å². The average Bonchev–Trinajstić information content (AvgIpc) is 3.28. The average molecular weight is 476 g/mol. The Bertz CT molecular complexity index is 1430. The van der Waals surface area contributed by atoms with Crippen LogP contribution in [-0.4, -0.2) is 33.0 Å². The summed E-state index contributed by atoms with van der Waals surface area (Å²) >= 11 is 0. The summed E-state index contributed by atoms with van der Waals surface area (Å²) in [6, 6.07) is 5.81. The van der Waals surface area contributed by atoms with Crippen LogP contribution in [0, 0.1) is 13.8 Å². The van der Waals surface area contributed by atoms with Crippen molar-refractivity contribution in [2.45, 2.75) is 33.5 Å². The van der Waals surface area contributed by atoms with Crippen molar-refractivity contribution in [3.8, 4) is 23.0 Å². The first-order valence-electron chi connectivity index (χ1n) is 10.5. The fraction of sp³-hybridized carbons (Fsp3) is 0.348. The zero-order chi connectivity index (χ0) is 24.8. The topological polar surface area (TPSA) is 84.3 Å². The Kier molecular flexibility index (Phi) is 5.88. The number of pyridine rings is 1. The van der Waals surface area contributed by atoms with Gasteiger partial charge >= 0.3 is 6.18 Å². The van der Waals surface area contributed by atoms with Crippen LogP contribution in [-0.2, 0) is 19.8 Å². The van der Waals surface area contributed by atoms with E-state index in [1.165, 1.54) is 30.3 Å². The number of alkyl halides is 3. The van der Waals surface area contributed by atoms with Gasteiger partial charge in [0, 0.05) is 18.7 Å². The summed E-state index contributed by atoms with van der Waals surface area (Å²) in [6.07, 6.45) is -4.69. The summed E-state index contributed by atoms with van der Waals surface area (Å²) in [5.74, 6) is 1.79. The molecule has 0 saturated carbocycles. The lowest BCUT2D eigenvalue weighted by Gasteiger charge is -2.13. The lowest BCUT2D eigenvalue weighted by atomic mass is 10.1. The molecule has 34 heavy (non-hydrogen) atoms. The molecule has 4 rings (SSSR count). The van der Waals surface area contributed by atoms with Crippen molar-refractivity contribution in [3.05, 3.63) is 57.3 Å². The third-order valence-corrected chi connectivity index (χ3v) is 5.47. The summed E-state index contributed by atoms with van der Waals surface area (Å²) in [7, 11) is 3.02. The number of aromatic nitrogens is 4. The Morgan fingerprint density at radius 3 is 2.53 bits per heavy atom. The fourth-order valence-electron chi connectivity index (χ4n) is 3.95. The molecule has 0 saturated heterocycles. The number of rotatable bonds is 6. The molecule has 4 aromatic rings. The minimum atomic E-state index is -4.69. The molecule has 0 N–H and O–H groups in total. The summed E-state index contributed by atoms with van der Waals surface area (Å²) in [6.45, 7) is 5.41. The van der Waals surface area contributed by atoms with Crippen molar-refractivity contribution in [1.82, 2.24) is 19.3 Å². The molecular formula is C23H23F3N4O4. The molecule has 1 aromatic carbocycles. The van der Waals surface area contributed by atoms with Crippen LogP contribution in [0.1, 0.15) is 29.6 Å². The number of aryl methyl sites for hydroxylation is 3. The van der Waals surface area contributed by atoms with Gasteiger partial charge in [0.05, 0.1) is 36.9 Å². The van der Waals surface area contributed by atoms with E-state index < -0.39 is 17.3 Å². The SMILES string of the molecule is CCOc1ccc(-c2nc(Cn3c(=O)cc(C(F)(F)F)c4c(C)nn(C)c43)c(C)o2)cc1OC. The number of benzene rings is 1. The maximum atomic E-state index is 13.6. The predicted molar refractivity (Wildman–Crippen MR) is 118 cm³/mol. The number of nitrogens with zero attached hydrogens (tertiary/aromatic N) is 4. The molecule has 0 aliphatic rings. The van der Waals surface area contributed by atoms with E-state index in [1.807, 2.05) is 6.92 Å². The maximum absolute atomic E-state index is 13.6. The number of hydrogen-bond donors (Lipinski definition) is 0. The number of ether oxygens (including phenoxy) is 2. The van der Waals surface area contributed by atoms with Crippen molar-refractivity contribution in [2.24, 2.45) is 7.05 Å². The van der Waals surface area contributed by atoms with Crippen molar-refractivity contribution in [1.29, 1.82) is 0 Å². The molecule has 3 aromatic heterocycles. The van der Waals surface area contributed by atoms with Crippen molar-refractivity contribution < 1.29 is 27.1 Å². The van der Waals surface area contributed by atoms with E-state index in [2.05, 4.69) is 10.1 Å². The van der Waals surface area contributed by atoms with Gasteiger partial charge in [0.15, 0.2) is 11.5 Å². The zero-order valence-corrected chi connectivity index (χ0v) is 19.3. The molecule has 0 radical (unpaired) electrons. The quantitative estimate of drug-likeness (QED) is 0.408. The molecule has 0 amide bonds. The van der Waals surface area contributed by atoms with Crippen LogP contribution in [0.15, 0.2) is 33.5 Å². The van der Waals surface area contributed by atoms with Crippen LogP contribution in [0.5, 0.6) is 11.5 Å². The maximum Gasteiger partial charge on any atom is 0.417 e. The standard InChI is InChI=1S/C23H23F3N4O4/c1-6-33-17-8-7-14(9-18(17)32-5)21-27-16(13(3)34-21)11-30-19(31)10-15(23(24,25)26)20-12(2)28-29(4)22(20)30/h7-10H,6,11H2,1-5H3. The van der Waals surface area contributed by atoms with Crippen LogP contribution in [0.3, 0.4) is 0 Å². The van der Waals surface area contributed by atoms with Gasteiger partial charge in [-0.05, 0) is 39.0 Å². The molecule has 0 aliphatic heterocycles. The van der Waals surface area contributed by atoms with Crippen molar-refractivity contribution >= 4 is 11.0 Å². The fourth-order valence-corrected chi connectivity index (χ4v) is 3.95. The van der Waals surface area contributed by atoms with E-state index in [4.69, 9.17) is 13.9 Å². The Morgan fingerprint density at radius 2 is 1.88 bits per heavy atom. The number of hydrogen-bond acceptors (Lipinski definition) is 6. The molecule has 0 spiro atoms. The normalized spacial score (nSPS) is 11.9. The van der Waals surface area contributed by atoms with E-state index in [0.29, 0.717) is 41.2 Å². The highest BCUT2D eigenvalue weighted by atomic mass is 19.4. The summed E-state index contributed by atoms with van der Waals surface area (Å²) in [5, 5.41) is 3.99. The second-order valence-electron chi connectivity index (χ2n) is 7.71. The minimum Gasteiger partial charge on any atom is -0.493 e. The number of halogens is 3. The Labute approximate surface area is 192 Å². The van der Waals surface area contributed by atoms with Gasteiger partial charge in [0.25, 0.3) is 5.56 Å². The minimum absolute atomic E-state index is 0.0593. The summed E-state index contributed by atoms with van der Waals surface area (Å²) in [4.78, 5) is 17.3. The smallest absolute Gasteiger partial charge is 0.417 e. The van der Waals surface area contributed by atoms with E-state index in [1.54, 1.807) is 25.1 Å². The molecule has 180 valence electrons. The number of methoxy groups -OCH3 is 1. The molecule has 0 aliphatic carbocycles. The van der Waals surface area contributed by atoms with E-state index in [9.17, 15) is 18.0 Å². The monoisotopic (exact) mass is 476 g/mol. The van der Waals surface area contributed by atoms with Gasteiger partial charge in [0.1, 0.15) is 17.1 Å². The molecule has 3 heterocycles. The van der Waals surface area contributed by atoms with E-state index in [0.717, 1.165) is 0 Å². The Balaban J connectivity index is 1.79. The molecule has 11 heteroatoms. The van der Waals surface area contributed by atoms with Crippen LogP contribution in [0.25, 0.3) is 22.5 Å². The van der Waals surface area contributed by atoms with E-state index >= 15 is 0 Å². The summed E-state index contributed by atoms with van der Waals surface area (Å²) < 4.78 is 60.0. The second-order valence-corrected chi connectivity index (χ2v) is 7.71. The molecular weight excluding hydrogens is 453 g/mol. The van der Waals surface area contributed by atoms with Gasteiger partial charge in [0.2, 0.25) is 5.89 Å². The van der Waals surface area contributed by atoms with Gasteiger partial charge in [-0.1, -0.05) is 0 Å². The van der Waals surface area contributed by atoms with E-state index in [-0.39, 0.29) is 29.2 Å². The van der Waals surface area contributed by atoms with Gasteiger partial charge in [-0.2, -0.15) is 18.3 Å². The largest absolute Gasteiger partial charge is 0.493 e. The molecule has 0 fully saturated rings. The highest BCUT2D eigenvalue weighted by Crippen LogP contribution is 2.36.